The Balaban J connectivity index is 1.76. The van der Waals surface area contributed by atoms with Crippen molar-refractivity contribution in [3.8, 4) is 0 Å². The number of anilines is 1. The standard InChI is InChI=1S/C20H30N2O5S2/c1-28(24,25)17-7-8-18(19(15-17)29(2,26)27)21-13-9-16(10-14-21)20(23)22-11-5-3-4-6-12-22/h7-8,15-16H,3-6,9-14H2,1-2H3. The Morgan fingerprint density at radius 1 is 0.862 bits per heavy atom. The van der Waals surface area contributed by atoms with Crippen LogP contribution in [0.4, 0.5) is 5.69 Å². The summed E-state index contributed by atoms with van der Waals surface area (Å²) in [5.74, 6) is 0.198. The van der Waals surface area contributed by atoms with E-state index in [4.69, 9.17) is 0 Å². The van der Waals surface area contributed by atoms with Crippen LogP contribution in [0.2, 0.25) is 0 Å². The number of benzene rings is 1. The van der Waals surface area contributed by atoms with Crippen molar-refractivity contribution in [2.24, 2.45) is 5.92 Å². The number of carbonyl (C=O) groups is 1. The monoisotopic (exact) mass is 442 g/mol. The molecule has 0 atom stereocenters. The van der Waals surface area contributed by atoms with Crippen LogP contribution in [0.25, 0.3) is 0 Å². The highest BCUT2D eigenvalue weighted by Crippen LogP contribution is 2.32. The quantitative estimate of drug-likeness (QED) is 0.709. The molecule has 0 saturated carbocycles. The van der Waals surface area contributed by atoms with E-state index in [1.54, 1.807) is 6.07 Å². The van der Waals surface area contributed by atoms with Crippen molar-refractivity contribution in [2.45, 2.75) is 48.3 Å². The fourth-order valence-electron chi connectivity index (χ4n) is 4.20. The number of hydrogen-bond donors (Lipinski definition) is 0. The van der Waals surface area contributed by atoms with E-state index < -0.39 is 19.7 Å². The van der Waals surface area contributed by atoms with Crippen LogP contribution in [0.3, 0.4) is 0 Å². The Morgan fingerprint density at radius 3 is 1.97 bits per heavy atom. The first-order valence-electron chi connectivity index (χ1n) is 10.2. The van der Waals surface area contributed by atoms with Gasteiger partial charge in [0.05, 0.1) is 15.5 Å². The molecule has 2 aliphatic heterocycles. The molecule has 0 aliphatic carbocycles. The van der Waals surface area contributed by atoms with Crippen LogP contribution in [0.15, 0.2) is 28.0 Å². The zero-order chi connectivity index (χ0) is 21.2. The summed E-state index contributed by atoms with van der Waals surface area (Å²) in [6, 6.07) is 4.27. The van der Waals surface area contributed by atoms with Gasteiger partial charge in [-0.05, 0) is 43.9 Å². The van der Waals surface area contributed by atoms with Crippen LogP contribution in [0.1, 0.15) is 38.5 Å². The van der Waals surface area contributed by atoms with Gasteiger partial charge < -0.3 is 9.80 Å². The number of carbonyl (C=O) groups excluding carboxylic acids is 1. The number of nitrogens with zero attached hydrogens (tertiary/aromatic N) is 2. The van der Waals surface area contributed by atoms with Crippen molar-refractivity contribution in [1.29, 1.82) is 0 Å². The molecular formula is C20H30N2O5S2. The highest BCUT2D eigenvalue weighted by Gasteiger charge is 2.30. The van der Waals surface area contributed by atoms with Crippen molar-refractivity contribution >= 4 is 31.3 Å². The molecule has 2 saturated heterocycles. The van der Waals surface area contributed by atoms with Crippen LogP contribution in [-0.4, -0.2) is 66.3 Å². The predicted octanol–water partition coefficient (Wildman–Crippen LogP) is 2.11. The molecular weight excluding hydrogens is 412 g/mol. The second-order valence-electron chi connectivity index (χ2n) is 8.17. The first kappa shape index (κ1) is 22.1. The molecule has 3 rings (SSSR count). The average molecular weight is 443 g/mol. The maximum atomic E-state index is 12.9. The van der Waals surface area contributed by atoms with Crippen molar-refractivity contribution in [3.63, 3.8) is 0 Å². The lowest BCUT2D eigenvalue weighted by atomic mass is 9.94. The van der Waals surface area contributed by atoms with Gasteiger partial charge in [0.15, 0.2) is 19.7 Å². The Bertz CT molecular complexity index is 957. The average Bonchev–Trinajstić information content (AvgIpc) is 2.95. The largest absolute Gasteiger partial charge is 0.370 e. The Morgan fingerprint density at radius 2 is 1.45 bits per heavy atom. The van der Waals surface area contributed by atoms with Crippen molar-refractivity contribution in [1.82, 2.24) is 4.90 Å². The predicted molar refractivity (Wildman–Crippen MR) is 113 cm³/mol. The molecule has 29 heavy (non-hydrogen) atoms. The summed E-state index contributed by atoms with van der Waals surface area (Å²) in [5.41, 5.74) is 0.514. The molecule has 1 aromatic carbocycles. The zero-order valence-corrected chi connectivity index (χ0v) is 18.8. The lowest BCUT2D eigenvalue weighted by Crippen LogP contribution is -2.43. The van der Waals surface area contributed by atoms with Crippen molar-refractivity contribution < 1.29 is 21.6 Å². The van der Waals surface area contributed by atoms with E-state index in [2.05, 4.69) is 0 Å². The van der Waals surface area contributed by atoms with E-state index in [1.165, 1.54) is 25.0 Å². The second kappa shape index (κ2) is 8.63. The van der Waals surface area contributed by atoms with Gasteiger partial charge >= 0.3 is 0 Å². The molecule has 1 amide bonds. The molecule has 1 aromatic rings. The first-order chi connectivity index (χ1) is 13.6. The Labute approximate surface area is 173 Å². The topological polar surface area (TPSA) is 91.8 Å². The summed E-state index contributed by atoms with van der Waals surface area (Å²) < 4.78 is 48.3. The van der Waals surface area contributed by atoms with Gasteiger partial charge in [-0.1, -0.05) is 12.8 Å². The van der Waals surface area contributed by atoms with Gasteiger partial charge in [-0.2, -0.15) is 0 Å². The summed E-state index contributed by atoms with van der Waals surface area (Å²) in [7, 11) is -7.10. The van der Waals surface area contributed by atoms with Gasteiger partial charge in [0.2, 0.25) is 5.91 Å². The van der Waals surface area contributed by atoms with Gasteiger partial charge in [0.1, 0.15) is 0 Å². The zero-order valence-electron chi connectivity index (χ0n) is 17.1. The van der Waals surface area contributed by atoms with Crippen LogP contribution in [0, 0.1) is 5.92 Å². The van der Waals surface area contributed by atoms with Crippen LogP contribution in [0.5, 0.6) is 0 Å². The lowest BCUT2D eigenvalue weighted by molar-refractivity contribution is -0.136. The third kappa shape index (κ3) is 5.31. The fourth-order valence-corrected chi connectivity index (χ4v) is 5.84. The lowest BCUT2D eigenvalue weighted by Gasteiger charge is -2.36. The number of hydrogen-bond acceptors (Lipinski definition) is 6. The number of sulfone groups is 2. The highest BCUT2D eigenvalue weighted by molar-refractivity contribution is 7.91. The second-order valence-corrected chi connectivity index (χ2v) is 12.2. The van der Waals surface area contributed by atoms with Crippen LogP contribution < -0.4 is 4.90 Å². The van der Waals surface area contributed by atoms with Crippen molar-refractivity contribution in [2.75, 3.05) is 43.6 Å². The maximum absolute atomic E-state index is 12.9. The summed E-state index contributed by atoms with van der Waals surface area (Å²) in [6.07, 6.45) is 7.99. The Hall–Kier alpha value is -1.61. The molecule has 162 valence electrons. The Kier molecular flexibility index (Phi) is 6.57. The minimum Gasteiger partial charge on any atom is -0.370 e. The minimum absolute atomic E-state index is 0.00657. The first-order valence-corrected chi connectivity index (χ1v) is 13.9. The van der Waals surface area contributed by atoms with Gasteiger partial charge in [0.25, 0.3) is 0 Å². The van der Waals surface area contributed by atoms with Gasteiger partial charge in [-0.15, -0.1) is 0 Å². The molecule has 0 spiro atoms. The molecule has 0 N–H and O–H groups in total. The molecule has 0 aromatic heterocycles. The molecule has 2 heterocycles. The molecule has 0 bridgehead atoms. The summed E-state index contributed by atoms with van der Waals surface area (Å²) in [4.78, 5) is 16.8. The third-order valence-electron chi connectivity index (χ3n) is 5.86. The van der Waals surface area contributed by atoms with Gasteiger partial charge in [-0.3, -0.25) is 4.79 Å². The molecule has 7 nitrogen and oxygen atoms in total. The van der Waals surface area contributed by atoms with E-state index in [-0.39, 0.29) is 21.6 Å². The number of piperidine rings is 1. The molecule has 0 radical (unpaired) electrons. The third-order valence-corrected chi connectivity index (χ3v) is 8.10. The number of amides is 1. The summed E-state index contributed by atoms with van der Waals surface area (Å²) >= 11 is 0. The van der Waals surface area contributed by atoms with Gasteiger partial charge in [0, 0.05) is 44.6 Å². The number of likely N-dealkylation sites (tertiary alicyclic amines) is 1. The fraction of sp³-hybridized carbons (Fsp3) is 0.650. The molecule has 2 fully saturated rings. The van der Waals surface area contributed by atoms with Crippen LogP contribution in [-0.2, 0) is 24.5 Å². The highest BCUT2D eigenvalue weighted by atomic mass is 32.2. The summed E-state index contributed by atoms with van der Waals surface area (Å²) in [6.45, 7) is 2.82. The maximum Gasteiger partial charge on any atom is 0.225 e. The van der Waals surface area contributed by atoms with E-state index in [9.17, 15) is 21.6 Å². The van der Waals surface area contributed by atoms with E-state index >= 15 is 0 Å². The summed E-state index contributed by atoms with van der Waals surface area (Å²) in [5, 5.41) is 0. The van der Waals surface area contributed by atoms with E-state index in [0.717, 1.165) is 38.4 Å². The molecule has 0 unspecified atom stereocenters. The molecule has 9 heteroatoms. The van der Waals surface area contributed by atoms with Crippen LogP contribution >= 0.6 is 0 Å². The van der Waals surface area contributed by atoms with E-state index in [0.29, 0.717) is 31.6 Å². The van der Waals surface area contributed by atoms with E-state index in [1.807, 2.05) is 9.80 Å². The van der Waals surface area contributed by atoms with Gasteiger partial charge in [-0.25, -0.2) is 16.8 Å². The normalized spacial score (nSPS) is 19.8. The molecule has 2 aliphatic rings. The smallest absolute Gasteiger partial charge is 0.225 e. The SMILES string of the molecule is CS(=O)(=O)c1ccc(N2CCC(C(=O)N3CCCCCC3)CC2)c(S(C)(=O)=O)c1. The number of rotatable bonds is 4. The van der Waals surface area contributed by atoms with Crippen molar-refractivity contribution in [3.05, 3.63) is 18.2 Å². The minimum atomic E-state index is -3.60.